The Hall–Kier alpha value is -1.85. The number of likely N-dealkylation sites (tertiary alicyclic amines) is 1. The van der Waals surface area contributed by atoms with Crippen molar-refractivity contribution in [3.05, 3.63) is 17.5 Å². The maximum atomic E-state index is 12.1. The highest BCUT2D eigenvalue weighted by Gasteiger charge is 2.31. The van der Waals surface area contributed by atoms with Crippen molar-refractivity contribution in [3.8, 4) is 0 Å². The van der Waals surface area contributed by atoms with Crippen molar-refractivity contribution >= 4 is 11.9 Å². The fourth-order valence-electron chi connectivity index (χ4n) is 2.24. The zero-order chi connectivity index (χ0) is 13.3. The van der Waals surface area contributed by atoms with Crippen LogP contribution in [0.1, 0.15) is 47.7 Å². The molecule has 1 aliphatic heterocycles. The van der Waals surface area contributed by atoms with Crippen LogP contribution in [0.25, 0.3) is 0 Å². The van der Waals surface area contributed by atoms with Crippen molar-refractivity contribution in [2.75, 3.05) is 13.1 Å². The summed E-state index contributed by atoms with van der Waals surface area (Å²) in [5, 5.41) is 12.2. The average Bonchev–Trinajstić information content (AvgIpc) is 2.76. The van der Waals surface area contributed by atoms with Crippen LogP contribution < -0.4 is 0 Å². The number of piperidine rings is 1. The third-order valence-electron chi connectivity index (χ3n) is 3.13. The van der Waals surface area contributed by atoms with E-state index in [-0.39, 0.29) is 22.8 Å². The maximum absolute atomic E-state index is 12.1. The van der Waals surface area contributed by atoms with Gasteiger partial charge in [0.25, 0.3) is 5.91 Å². The van der Waals surface area contributed by atoms with Crippen LogP contribution >= 0.6 is 0 Å². The van der Waals surface area contributed by atoms with Gasteiger partial charge in [-0.3, -0.25) is 4.79 Å². The first kappa shape index (κ1) is 12.6. The third kappa shape index (κ3) is 2.52. The molecule has 1 aromatic rings. The summed E-state index contributed by atoms with van der Waals surface area (Å²) in [7, 11) is 0. The lowest BCUT2D eigenvalue weighted by molar-refractivity contribution is 0.0570. The highest BCUT2D eigenvalue weighted by molar-refractivity contribution is 5.94. The molecule has 1 amide bonds. The number of carbonyl (C=O) groups is 2. The van der Waals surface area contributed by atoms with Gasteiger partial charge in [-0.05, 0) is 18.3 Å². The molecule has 0 radical (unpaired) electrons. The summed E-state index contributed by atoms with van der Waals surface area (Å²) in [5.41, 5.74) is 0.151. The zero-order valence-corrected chi connectivity index (χ0v) is 10.5. The van der Waals surface area contributed by atoms with Gasteiger partial charge < -0.3 is 14.5 Å². The van der Waals surface area contributed by atoms with Crippen molar-refractivity contribution in [1.82, 2.24) is 10.1 Å². The summed E-state index contributed by atoms with van der Waals surface area (Å²) < 4.78 is 4.59. The van der Waals surface area contributed by atoms with Gasteiger partial charge in [-0.1, -0.05) is 19.0 Å². The first-order valence-electron chi connectivity index (χ1n) is 5.88. The number of carbonyl (C=O) groups excluding carboxylic acids is 1. The summed E-state index contributed by atoms with van der Waals surface area (Å²) >= 11 is 0. The van der Waals surface area contributed by atoms with Gasteiger partial charge in [-0.15, -0.1) is 0 Å². The van der Waals surface area contributed by atoms with Gasteiger partial charge in [-0.25, -0.2) is 4.79 Å². The molecule has 1 aromatic heterocycles. The van der Waals surface area contributed by atoms with Crippen LogP contribution in [0.15, 0.2) is 10.6 Å². The lowest BCUT2D eigenvalue weighted by Crippen LogP contribution is -2.43. The minimum Gasteiger partial charge on any atom is -0.475 e. The van der Waals surface area contributed by atoms with Crippen molar-refractivity contribution < 1.29 is 19.2 Å². The van der Waals surface area contributed by atoms with Crippen molar-refractivity contribution in [2.45, 2.75) is 26.7 Å². The molecule has 0 aliphatic carbocycles. The van der Waals surface area contributed by atoms with Crippen molar-refractivity contribution in [3.63, 3.8) is 0 Å². The second kappa shape index (κ2) is 4.44. The fraction of sp³-hybridized carbons (Fsp3) is 0.583. The molecule has 0 bridgehead atoms. The molecule has 0 aromatic carbocycles. The van der Waals surface area contributed by atoms with Gasteiger partial charge in [0.15, 0.2) is 5.69 Å². The number of hydrogen-bond donors (Lipinski definition) is 1. The van der Waals surface area contributed by atoms with E-state index in [2.05, 4.69) is 23.5 Å². The van der Waals surface area contributed by atoms with E-state index in [1.807, 2.05) is 0 Å². The van der Waals surface area contributed by atoms with E-state index in [1.54, 1.807) is 4.90 Å². The molecule has 1 saturated heterocycles. The first-order valence-corrected chi connectivity index (χ1v) is 5.88. The molecule has 1 fully saturated rings. The molecule has 2 rings (SSSR count). The van der Waals surface area contributed by atoms with E-state index in [0.29, 0.717) is 13.1 Å². The molecule has 1 aliphatic rings. The van der Waals surface area contributed by atoms with Gasteiger partial charge >= 0.3 is 5.97 Å². The highest BCUT2D eigenvalue weighted by Crippen LogP contribution is 2.29. The largest absolute Gasteiger partial charge is 0.475 e. The molecule has 1 N–H and O–H groups in total. The molecular formula is C12H16N2O4. The van der Waals surface area contributed by atoms with Gasteiger partial charge in [0.05, 0.1) is 0 Å². The van der Waals surface area contributed by atoms with E-state index in [4.69, 9.17) is 5.11 Å². The minimum atomic E-state index is -1.22. The van der Waals surface area contributed by atoms with Gasteiger partial charge in [0, 0.05) is 19.2 Å². The molecule has 98 valence electrons. The Balaban J connectivity index is 2.13. The van der Waals surface area contributed by atoms with E-state index in [0.717, 1.165) is 12.8 Å². The van der Waals surface area contributed by atoms with Crippen LogP contribution in [-0.4, -0.2) is 40.1 Å². The summed E-state index contributed by atoms with van der Waals surface area (Å²) in [6, 6.07) is 1.17. The number of aromatic carboxylic acids is 1. The van der Waals surface area contributed by atoms with Crippen LogP contribution in [0.3, 0.4) is 0 Å². The number of amides is 1. The average molecular weight is 252 g/mol. The van der Waals surface area contributed by atoms with Gasteiger partial charge in [-0.2, -0.15) is 0 Å². The molecule has 0 saturated carbocycles. The Bertz CT molecular complexity index is 478. The Morgan fingerprint density at radius 1 is 1.50 bits per heavy atom. The molecule has 0 atom stereocenters. The van der Waals surface area contributed by atoms with Crippen molar-refractivity contribution in [2.24, 2.45) is 5.41 Å². The normalized spacial score (nSPS) is 18.7. The Morgan fingerprint density at radius 3 is 2.78 bits per heavy atom. The number of nitrogens with zero attached hydrogens (tertiary/aromatic N) is 2. The molecule has 2 heterocycles. The van der Waals surface area contributed by atoms with Gasteiger partial charge in [0.2, 0.25) is 5.76 Å². The Morgan fingerprint density at radius 2 is 2.22 bits per heavy atom. The van der Waals surface area contributed by atoms with Crippen LogP contribution in [0, 0.1) is 5.41 Å². The molecule has 18 heavy (non-hydrogen) atoms. The second-order valence-corrected chi connectivity index (χ2v) is 5.38. The number of carboxylic acids is 1. The standard InChI is InChI=1S/C12H16N2O4/c1-12(2)4-3-5-14(7-12)10(15)8-6-9(11(16)17)18-13-8/h6H,3-5,7H2,1-2H3,(H,16,17). The summed E-state index contributed by atoms with van der Waals surface area (Å²) in [4.78, 5) is 24.5. The predicted octanol–water partition coefficient (Wildman–Crippen LogP) is 1.64. The van der Waals surface area contributed by atoms with E-state index < -0.39 is 5.97 Å². The van der Waals surface area contributed by atoms with Crippen molar-refractivity contribution in [1.29, 1.82) is 0 Å². The van der Waals surface area contributed by atoms with Crippen LogP contribution in [0.4, 0.5) is 0 Å². The van der Waals surface area contributed by atoms with E-state index in [9.17, 15) is 9.59 Å². The number of aromatic nitrogens is 1. The second-order valence-electron chi connectivity index (χ2n) is 5.38. The quantitative estimate of drug-likeness (QED) is 0.864. The van der Waals surface area contributed by atoms with E-state index >= 15 is 0 Å². The number of carboxylic acid groups (broad SMARTS) is 1. The molecule has 6 nitrogen and oxygen atoms in total. The predicted molar refractivity (Wildman–Crippen MR) is 62.4 cm³/mol. The van der Waals surface area contributed by atoms with E-state index in [1.165, 1.54) is 6.07 Å². The zero-order valence-electron chi connectivity index (χ0n) is 10.5. The lowest BCUT2D eigenvalue weighted by atomic mass is 9.84. The first-order chi connectivity index (χ1) is 8.39. The SMILES string of the molecule is CC1(C)CCCN(C(=O)c2cc(C(=O)O)on2)C1. The molecule has 6 heteroatoms. The van der Waals surface area contributed by atoms with Crippen LogP contribution in [-0.2, 0) is 0 Å². The highest BCUT2D eigenvalue weighted by atomic mass is 16.5. The number of hydrogen-bond acceptors (Lipinski definition) is 4. The Kier molecular flexibility index (Phi) is 3.11. The summed E-state index contributed by atoms with van der Waals surface area (Å²) in [6.45, 7) is 5.55. The molecule has 0 spiro atoms. The topological polar surface area (TPSA) is 83.6 Å². The van der Waals surface area contributed by atoms with Gasteiger partial charge in [0.1, 0.15) is 0 Å². The van der Waals surface area contributed by atoms with Crippen LogP contribution in [0.2, 0.25) is 0 Å². The molecular weight excluding hydrogens is 236 g/mol. The smallest absolute Gasteiger partial charge is 0.374 e. The Labute approximate surface area is 105 Å². The molecule has 0 unspecified atom stereocenters. The lowest BCUT2D eigenvalue weighted by Gasteiger charge is -2.37. The monoisotopic (exact) mass is 252 g/mol. The summed E-state index contributed by atoms with van der Waals surface area (Å²) in [5.74, 6) is -1.80. The minimum absolute atomic E-state index is 0.0603. The number of rotatable bonds is 2. The fourth-order valence-corrected chi connectivity index (χ4v) is 2.24. The third-order valence-corrected chi connectivity index (χ3v) is 3.13. The van der Waals surface area contributed by atoms with Crippen LogP contribution in [0.5, 0.6) is 0 Å². The maximum Gasteiger partial charge on any atom is 0.374 e. The summed E-state index contributed by atoms with van der Waals surface area (Å²) in [6.07, 6.45) is 2.03.